The zero-order valence-electron chi connectivity index (χ0n) is 10.2. The monoisotopic (exact) mass is 244 g/mol. The van der Waals surface area contributed by atoms with Crippen molar-refractivity contribution in [2.75, 3.05) is 13.1 Å². The van der Waals surface area contributed by atoms with Gasteiger partial charge in [-0.25, -0.2) is 4.79 Å². The molecule has 6 nitrogen and oxygen atoms in total. The third-order valence-corrected chi connectivity index (χ3v) is 2.99. The third-order valence-electron chi connectivity index (χ3n) is 2.99. The molecule has 0 spiro atoms. The van der Waals surface area contributed by atoms with Gasteiger partial charge in [0.05, 0.1) is 6.10 Å². The first-order chi connectivity index (χ1) is 7.91. The zero-order valence-corrected chi connectivity index (χ0v) is 10.2. The Kier molecular flexibility index (Phi) is 4.74. The fraction of sp³-hybridized carbons (Fsp3) is 0.818. The topological polar surface area (TPSA) is 89.9 Å². The van der Waals surface area contributed by atoms with Crippen molar-refractivity contribution in [3.05, 3.63) is 0 Å². The standard InChI is InChI=1S/C11H20N2O4/c1-7(2)9(12-11(16)17)10(15)13-5-3-8(14)4-6-13/h7-9,12,14H,3-6H2,1-2H3,(H,16,17)/t9-/m0/s1. The van der Waals surface area contributed by atoms with E-state index in [1.165, 1.54) is 0 Å². The van der Waals surface area contributed by atoms with Gasteiger partial charge in [-0.05, 0) is 18.8 Å². The Bertz CT molecular complexity index is 285. The zero-order chi connectivity index (χ0) is 13.0. The molecule has 0 radical (unpaired) electrons. The van der Waals surface area contributed by atoms with Crippen molar-refractivity contribution in [3.63, 3.8) is 0 Å². The van der Waals surface area contributed by atoms with Gasteiger partial charge in [0.2, 0.25) is 5.91 Å². The van der Waals surface area contributed by atoms with Crippen molar-refractivity contribution in [1.82, 2.24) is 10.2 Å². The van der Waals surface area contributed by atoms with E-state index in [0.29, 0.717) is 25.9 Å². The second kappa shape index (κ2) is 5.86. The molecule has 1 heterocycles. The van der Waals surface area contributed by atoms with Crippen LogP contribution in [0.4, 0.5) is 4.79 Å². The Balaban J connectivity index is 2.61. The van der Waals surface area contributed by atoms with E-state index < -0.39 is 12.1 Å². The highest BCUT2D eigenvalue weighted by Crippen LogP contribution is 2.13. The van der Waals surface area contributed by atoms with E-state index in [1.54, 1.807) is 18.7 Å². The molecule has 3 N–H and O–H groups in total. The number of carbonyl (C=O) groups is 2. The quantitative estimate of drug-likeness (QED) is 0.664. The van der Waals surface area contributed by atoms with Crippen molar-refractivity contribution >= 4 is 12.0 Å². The van der Waals surface area contributed by atoms with Gasteiger partial charge in [0.15, 0.2) is 0 Å². The van der Waals surface area contributed by atoms with E-state index in [2.05, 4.69) is 5.32 Å². The molecule has 0 aromatic heterocycles. The van der Waals surface area contributed by atoms with E-state index in [0.717, 1.165) is 0 Å². The van der Waals surface area contributed by atoms with Gasteiger partial charge in [0.1, 0.15) is 6.04 Å². The molecule has 0 saturated carbocycles. The smallest absolute Gasteiger partial charge is 0.405 e. The number of aliphatic hydroxyl groups is 1. The number of amides is 2. The molecule has 0 aliphatic carbocycles. The number of nitrogens with zero attached hydrogens (tertiary/aromatic N) is 1. The van der Waals surface area contributed by atoms with Gasteiger partial charge >= 0.3 is 6.09 Å². The number of carbonyl (C=O) groups excluding carboxylic acids is 1. The molecule has 17 heavy (non-hydrogen) atoms. The number of nitrogens with one attached hydrogen (secondary N) is 1. The molecule has 0 aromatic rings. The summed E-state index contributed by atoms with van der Waals surface area (Å²) in [6.45, 7) is 4.59. The van der Waals surface area contributed by atoms with Gasteiger partial charge in [-0.2, -0.15) is 0 Å². The highest BCUT2D eigenvalue weighted by atomic mass is 16.4. The highest BCUT2D eigenvalue weighted by molar-refractivity contribution is 5.85. The van der Waals surface area contributed by atoms with E-state index in [-0.39, 0.29) is 17.9 Å². The van der Waals surface area contributed by atoms with E-state index in [9.17, 15) is 14.7 Å². The van der Waals surface area contributed by atoms with Crippen molar-refractivity contribution in [3.8, 4) is 0 Å². The normalized spacial score (nSPS) is 19.2. The summed E-state index contributed by atoms with van der Waals surface area (Å²) in [6, 6.07) is -0.706. The maximum atomic E-state index is 12.1. The van der Waals surface area contributed by atoms with Crippen LogP contribution in [0.25, 0.3) is 0 Å². The molecule has 1 rings (SSSR count). The van der Waals surface area contributed by atoms with Gasteiger partial charge in [-0.3, -0.25) is 4.79 Å². The Labute approximate surface area is 101 Å². The SMILES string of the molecule is CC(C)[C@H](NC(=O)O)C(=O)N1CCC(O)CC1. The minimum absolute atomic E-state index is 0.0922. The van der Waals surface area contributed by atoms with E-state index in [4.69, 9.17) is 5.11 Å². The van der Waals surface area contributed by atoms with Gasteiger partial charge in [-0.15, -0.1) is 0 Å². The Hall–Kier alpha value is -1.30. The summed E-state index contributed by atoms with van der Waals surface area (Å²) in [4.78, 5) is 24.4. The average Bonchev–Trinajstić information content (AvgIpc) is 2.25. The van der Waals surface area contributed by atoms with Crippen molar-refractivity contribution in [2.45, 2.75) is 38.8 Å². The van der Waals surface area contributed by atoms with Gasteiger partial charge in [-0.1, -0.05) is 13.8 Å². The molecule has 1 fully saturated rings. The largest absolute Gasteiger partial charge is 0.465 e. The summed E-state index contributed by atoms with van der Waals surface area (Å²) >= 11 is 0. The molecule has 1 saturated heterocycles. The predicted octanol–water partition coefficient (Wildman–Crippen LogP) is 0.262. The first-order valence-electron chi connectivity index (χ1n) is 5.88. The number of carboxylic acid groups (broad SMARTS) is 1. The van der Waals surface area contributed by atoms with Crippen LogP contribution in [-0.4, -0.2) is 52.3 Å². The first kappa shape index (κ1) is 13.8. The number of hydrogen-bond donors (Lipinski definition) is 3. The van der Waals surface area contributed by atoms with E-state index >= 15 is 0 Å². The molecule has 1 atom stereocenters. The van der Waals surface area contributed by atoms with Crippen LogP contribution in [0, 0.1) is 5.92 Å². The van der Waals surface area contributed by atoms with Crippen molar-refractivity contribution < 1.29 is 19.8 Å². The van der Waals surface area contributed by atoms with Crippen LogP contribution in [0.1, 0.15) is 26.7 Å². The van der Waals surface area contributed by atoms with Crippen LogP contribution in [0.3, 0.4) is 0 Å². The number of likely N-dealkylation sites (tertiary alicyclic amines) is 1. The van der Waals surface area contributed by atoms with Crippen LogP contribution in [0.5, 0.6) is 0 Å². The van der Waals surface area contributed by atoms with Crippen LogP contribution in [-0.2, 0) is 4.79 Å². The lowest BCUT2D eigenvalue weighted by Crippen LogP contribution is -2.53. The first-order valence-corrected chi connectivity index (χ1v) is 5.88. The van der Waals surface area contributed by atoms with Crippen LogP contribution in [0.15, 0.2) is 0 Å². The van der Waals surface area contributed by atoms with Crippen LogP contribution >= 0.6 is 0 Å². The summed E-state index contributed by atoms with van der Waals surface area (Å²) in [6.07, 6.45) is -0.411. The third kappa shape index (κ3) is 3.89. The summed E-state index contributed by atoms with van der Waals surface area (Å²) in [5, 5.41) is 20.3. The average molecular weight is 244 g/mol. The second-order valence-corrected chi connectivity index (χ2v) is 4.73. The summed E-state index contributed by atoms with van der Waals surface area (Å²) in [7, 11) is 0. The molecule has 1 aliphatic heterocycles. The fourth-order valence-electron chi connectivity index (χ4n) is 1.93. The number of rotatable bonds is 3. The number of aliphatic hydroxyl groups excluding tert-OH is 1. The molecular weight excluding hydrogens is 224 g/mol. The molecule has 0 aromatic carbocycles. The van der Waals surface area contributed by atoms with Crippen LogP contribution < -0.4 is 5.32 Å². The molecule has 0 unspecified atom stereocenters. The Morgan fingerprint density at radius 1 is 1.29 bits per heavy atom. The minimum atomic E-state index is -1.19. The maximum absolute atomic E-state index is 12.1. The lowest BCUT2D eigenvalue weighted by Gasteiger charge is -2.33. The molecule has 98 valence electrons. The summed E-state index contributed by atoms with van der Waals surface area (Å²) in [5.41, 5.74) is 0. The Morgan fingerprint density at radius 3 is 2.24 bits per heavy atom. The van der Waals surface area contributed by atoms with E-state index in [1.807, 2.05) is 0 Å². The molecule has 6 heteroatoms. The van der Waals surface area contributed by atoms with Gasteiger partial charge < -0.3 is 20.4 Å². The lowest BCUT2D eigenvalue weighted by atomic mass is 10.0. The summed E-state index contributed by atoms with van der Waals surface area (Å²) < 4.78 is 0. The fourth-order valence-corrected chi connectivity index (χ4v) is 1.93. The predicted molar refractivity (Wildman–Crippen MR) is 61.6 cm³/mol. The van der Waals surface area contributed by atoms with Gasteiger partial charge in [0, 0.05) is 13.1 Å². The minimum Gasteiger partial charge on any atom is -0.465 e. The Morgan fingerprint density at radius 2 is 1.82 bits per heavy atom. The number of piperidine rings is 1. The molecular formula is C11H20N2O4. The number of hydrogen-bond acceptors (Lipinski definition) is 3. The van der Waals surface area contributed by atoms with Crippen molar-refractivity contribution in [1.29, 1.82) is 0 Å². The second-order valence-electron chi connectivity index (χ2n) is 4.73. The lowest BCUT2D eigenvalue weighted by molar-refractivity contribution is -0.136. The highest BCUT2D eigenvalue weighted by Gasteiger charge is 2.30. The maximum Gasteiger partial charge on any atom is 0.405 e. The molecule has 1 aliphatic rings. The summed E-state index contributed by atoms with van der Waals surface area (Å²) in [5.74, 6) is -0.292. The molecule has 0 bridgehead atoms. The van der Waals surface area contributed by atoms with Gasteiger partial charge in [0.25, 0.3) is 0 Å². The van der Waals surface area contributed by atoms with Crippen LogP contribution in [0.2, 0.25) is 0 Å². The van der Waals surface area contributed by atoms with Crippen molar-refractivity contribution in [2.24, 2.45) is 5.92 Å². The molecule has 2 amide bonds.